The van der Waals surface area contributed by atoms with E-state index in [1.807, 2.05) is 123 Å². The Morgan fingerprint density at radius 1 is 0.860 bits per heavy atom. The Morgan fingerprint density at radius 2 is 1.63 bits per heavy atom. The first kappa shape index (κ1) is 28.0. The number of nitrogens with one attached hydrogen (secondary N) is 1. The summed E-state index contributed by atoms with van der Waals surface area (Å²) in [4.78, 5) is 35.6. The van der Waals surface area contributed by atoms with Gasteiger partial charge in [-0.15, -0.1) is 0 Å². The maximum absolute atomic E-state index is 13.6. The number of hydrogen-bond donors (Lipinski definition) is 1. The van der Waals surface area contributed by atoms with Gasteiger partial charge in [-0.05, 0) is 91.6 Å². The molecule has 43 heavy (non-hydrogen) atoms. The highest BCUT2D eigenvalue weighted by atomic mass is 16.2. The molecule has 7 heteroatoms. The highest BCUT2D eigenvalue weighted by Gasteiger charge is 2.26. The molecule has 7 nitrogen and oxygen atoms in total. The van der Waals surface area contributed by atoms with Crippen LogP contribution in [0.2, 0.25) is 0 Å². The number of amides is 2. The predicted molar refractivity (Wildman–Crippen MR) is 173 cm³/mol. The molecule has 5 aromatic rings. The van der Waals surface area contributed by atoms with Crippen molar-refractivity contribution >= 4 is 28.9 Å². The first-order chi connectivity index (χ1) is 20.8. The SMILES string of the molecule is Cc1ccc(C)n1-c1cccc(CC(=O)N2CCc3cc(NC(=O)c4cc(N(C)C)ccc4-c4ccccc4)ccc32)n1. The molecular formula is C36H35N5O2. The van der Waals surface area contributed by atoms with Crippen LogP contribution in [0.4, 0.5) is 17.1 Å². The summed E-state index contributed by atoms with van der Waals surface area (Å²) in [6.45, 7) is 4.70. The fourth-order valence-electron chi connectivity index (χ4n) is 5.77. The van der Waals surface area contributed by atoms with Crippen molar-refractivity contribution in [1.29, 1.82) is 0 Å². The summed E-state index contributed by atoms with van der Waals surface area (Å²) in [5, 5.41) is 3.10. The standard InChI is InChI=1S/C36H35N5O2/c1-24-13-14-25(2)41(24)34-12-8-11-28(37-34)22-35(42)40-20-19-27-21-29(15-18-33(27)40)38-36(43)32-23-30(39(3)4)16-17-31(32)26-9-6-5-7-10-26/h5-18,21,23H,19-20,22H2,1-4H3,(H,38,43). The molecule has 6 rings (SSSR count). The van der Waals surface area contributed by atoms with Gasteiger partial charge in [0.2, 0.25) is 5.91 Å². The van der Waals surface area contributed by atoms with Crippen LogP contribution in [-0.4, -0.2) is 42.0 Å². The fourth-order valence-corrected chi connectivity index (χ4v) is 5.77. The number of aromatic nitrogens is 2. The third-order valence-electron chi connectivity index (χ3n) is 8.01. The third kappa shape index (κ3) is 5.66. The van der Waals surface area contributed by atoms with Crippen LogP contribution >= 0.6 is 0 Å². The molecule has 0 atom stereocenters. The Hall–Kier alpha value is -5.17. The normalized spacial score (nSPS) is 12.2. The molecule has 0 saturated carbocycles. The molecule has 0 saturated heterocycles. The lowest BCUT2D eigenvalue weighted by atomic mass is 9.98. The van der Waals surface area contributed by atoms with Gasteiger partial charge in [-0.1, -0.05) is 42.5 Å². The molecule has 0 bridgehead atoms. The molecule has 3 aromatic carbocycles. The number of nitrogens with zero attached hydrogens (tertiary/aromatic N) is 4. The molecule has 1 aliphatic rings. The highest BCUT2D eigenvalue weighted by molar-refractivity contribution is 6.09. The van der Waals surface area contributed by atoms with Crippen molar-refractivity contribution in [2.24, 2.45) is 0 Å². The number of aryl methyl sites for hydroxylation is 2. The van der Waals surface area contributed by atoms with E-state index in [4.69, 9.17) is 4.98 Å². The molecule has 0 unspecified atom stereocenters. The average molecular weight is 570 g/mol. The van der Waals surface area contributed by atoms with Crippen molar-refractivity contribution < 1.29 is 9.59 Å². The summed E-state index contributed by atoms with van der Waals surface area (Å²) in [7, 11) is 3.92. The van der Waals surface area contributed by atoms with Gasteiger partial charge in [0.05, 0.1) is 12.1 Å². The number of carbonyl (C=O) groups is 2. The number of fused-ring (bicyclic) bond motifs is 1. The van der Waals surface area contributed by atoms with Gasteiger partial charge in [0, 0.05) is 54.7 Å². The van der Waals surface area contributed by atoms with Crippen molar-refractivity contribution in [3.8, 4) is 16.9 Å². The van der Waals surface area contributed by atoms with E-state index in [2.05, 4.69) is 22.0 Å². The summed E-state index contributed by atoms with van der Waals surface area (Å²) < 4.78 is 2.09. The van der Waals surface area contributed by atoms with Gasteiger partial charge >= 0.3 is 0 Å². The van der Waals surface area contributed by atoms with E-state index in [9.17, 15) is 9.59 Å². The maximum Gasteiger partial charge on any atom is 0.256 e. The lowest BCUT2D eigenvalue weighted by molar-refractivity contribution is -0.117. The Morgan fingerprint density at radius 3 is 2.37 bits per heavy atom. The van der Waals surface area contributed by atoms with Crippen molar-refractivity contribution in [2.75, 3.05) is 35.8 Å². The maximum atomic E-state index is 13.6. The Bertz CT molecular complexity index is 1800. The second kappa shape index (κ2) is 11.6. The molecule has 3 heterocycles. The molecule has 0 spiro atoms. The minimum Gasteiger partial charge on any atom is -0.378 e. The van der Waals surface area contributed by atoms with Gasteiger partial charge in [-0.2, -0.15) is 0 Å². The zero-order chi connectivity index (χ0) is 30.1. The number of carbonyl (C=O) groups excluding carboxylic acids is 2. The van der Waals surface area contributed by atoms with Crippen LogP contribution in [0.1, 0.15) is 33.0 Å². The molecule has 2 aromatic heterocycles. The summed E-state index contributed by atoms with van der Waals surface area (Å²) in [5.74, 6) is 0.653. The number of rotatable bonds is 7. The van der Waals surface area contributed by atoms with Gasteiger partial charge in [0.25, 0.3) is 5.91 Å². The lowest BCUT2D eigenvalue weighted by Gasteiger charge is -2.19. The van der Waals surface area contributed by atoms with E-state index in [1.54, 1.807) is 0 Å². The van der Waals surface area contributed by atoms with Crippen LogP contribution in [0.5, 0.6) is 0 Å². The van der Waals surface area contributed by atoms with Crippen LogP contribution in [0.25, 0.3) is 16.9 Å². The number of anilines is 3. The molecule has 2 amide bonds. The Labute approximate surface area is 252 Å². The minimum atomic E-state index is -0.174. The second-order valence-electron chi connectivity index (χ2n) is 11.2. The van der Waals surface area contributed by atoms with Crippen molar-refractivity contribution in [2.45, 2.75) is 26.7 Å². The molecule has 1 aliphatic heterocycles. The van der Waals surface area contributed by atoms with E-state index in [-0.39, 0.29) is 18.2 Å². The summed E-state index contributed by atoms with van der Waals surface area (Å²) in [6, 6.07) is 31.6. The first-order valence-electron chi connectivity index (χ1n) is 14.5. The first-order valence-corrected chi connectivity index (χ1v) is 14.5. The monoisotopic (exact) mass is 569 g/mol. The van der Waals surface area contributed by atoms with Crippen LogP contribution < -0.4 is 15.1 Å². The van der Waals surface area contributed by atoms with Gasteiger partial charge in [-0.3, -0.25) is 9.59 Å². The largest absolute Gasteiger partial charge is 0.378 e. The zero-order valence-electron chi connectivity index (χ0n) is 25.0. The van der Waals surface area contributed by atoms with E-state index < -0.39 is 0 Å². The number of benzene rings is 3. The Kier molecular flexibility index (Phi) is 7.55. The smallest absolute Gasteiger partial charge is 0.256 e. The van der Waals surface area contributed by atoms with E-state index >= 15 is 0 Å². The number of pyridine rings is 1. The van der Waals surface area contributed by atoms with Gasteiger partial charge in [0.1, 0.15) is 5.82 Å². The van der Waals surface area contributed by atoms with E-state index in [0.717, 1.165) is 57.4 Å². The van der Waals surface area contributed by atoms with Gasteiger partial charge in [-0.25, -0.2) is 4.98 Å². The summed E-state index contributed by atoms with van der Waals surface area (Å²) in [6.07, 6.45) is 0.945. The van der Waals surface area contributed by atoms with Crippen LogP contribution in [0, 0.1) is 13.8 Å². The molecule has 0 fully saturated rings. The van der Waals surface area contributed by atoms with Gasteiger partial charge in [0.15, 0.2) is 0 Å². The topological polar surface area (TPSA) is 70.5 Å². The summed E-state index contributed by atoms with van der Waals surface area (Å²) >= 11 is 0. The van der Waals surface area contributed by atoms with Crippen LogP contribution in [-0.2, 0) is 17.6 Å². The van der Waals surface area contributed by atoms with E-state index in [0.29, 0.717) is 17.8 Å². The van der Waals surface area contributed by atoms with Crippen molar-refractivity contribution in [3.05, 3.63) is 125 Å². The molecule has 216 valence electrons. The lowest BCUT2D eigenvalue weighted by Crippen LogP contribution is -2.30. The number of hydrogen-bond acceptors (Lipinski definition) is 4. The Balaban J connectivity index is 1.20. The van der Waals surface area contributed by atoms with Crippen molar-refractivity contribution in [3.63, 3.8) is 0 Å². The fraction of sp³-hybridized carbons (Fsp3) is 0.194. The second-order valence-corrected chi connectivity index (χ2v) is 11.2. The molecule has 0 aliphatic carbocycles. The minimum absolute atomic E-state index is 0.00846. The highest BCUT2D eigenvalue weighted by Crippen LogP contribution is 2.32. The van der Waals surface area contributed by atoms with Crippen molar-refractivity contribution in [1.82, 2.24) is 9.55 Å². The molecule has 0 radical (unpaired) electrons. The third-order valence-corrected chi connectivity index (χ3v) is 8.01. The van der Waals surface area contributed by atoms with Crippen LogP contribution in [0.3, 0.4) is 0 Å². The van der Waals surface area contributed by atoms with Crippen LogP contribution in [0.15, 0.2) is 97.1 Å². The quantitative estimate of drug-likeness (QED) is 0.240. The molecular weight excluding hydrogens is 534 g/mol. The molecule has 1 N–H and O–H groups in total. The predicted octanol–water partition coefficient (Wildman–Crippen LogP) is 6.61. The zero-order valence-corrected chi connectivity index (χ0v) is 25.0. The summed E-state index contributed by atoms with van der Waals surface area (Å²) in [5.41, 5.74) is 8.99. The van der Waals surface area contributed by atoms with E-state index in [1.165, 1.54) is 0 Å². The average Bonchev–Trinajstić information content (AvgIpc) is 3.59. The van der Waals surface area contributed by atoms with Gasteiger partial charge < -0.3 is 19.7 Å².